The third kappa shape index (κ3) is 2.63. The molecule has 0 aliphatic carbocycles. The summed E-state index contributed by atoms with van der Waals surface area (Å²) in [6, 6.07) is 9.91. The van der Waals surface area contributed by atoms with Crippen LogP contribution in [-0.4, -0.2) is 34.6 Å². The predicted molar refractivity (Wildman–Crippen MR) is 79.7 cm³/mol. The molecule has 0 radical (unpaired) electrons. The van der Waals surface area contributed by atoms with Crippen LogP contribution in [0.5, 0.6) is 0 Å². The standard InChI is InChI=1S/C17H18FNO2/c1-17(21)8-10-19(11-9-17)16(20)14-6-7-15(18)13-5-3-2-4-12(13)14/h2-7,21H,8-11H2,1H3. The second kappa shape index (κ2) is 5.11. The summed E-state index contributed by atoms with van der Waals surface area (Å²) in [7, 11) is 0. The van der Waals surface area contributed by atoms with E-state index >= 15 is 0 Å². The first-order chi connectivity index (χ1) is 9.98. The van der Waals surface area contributed by atoms with Gasteiger partial charge in [-0.15, -0.1) is 0 Å². The number of piperidine rings is 1. The van der Waals surface area contributed by atoms with Crippen molar-refractivity contribution in [1.82, 2.24) is 4.90 Å². The first-order valence-electron chi connectivity index (χ1n) is 7.17. The number of fused-ring (bicyclic) bond motifs is 1. The zero-order valence-corrected chi connectivity index (χ0v) is 12.0. The van der Waals surface area contributed by atoms with Crippen molar-refractivity contribution in [1.29, 1.82) is 0 Å². The Bertz CT molecular complexity index is 686. The maximum atomic E-state index is 13.8. The van der Waals surface area contributed by atoms with Gasteiger partial charge in [-0.3, -0.25) is 4.79 Å². The Morgan fingerprint density at radius 3 is 2.43 bits per heavy atom. The minimum absolute atomic E-state index is 0.0956. The molecule has 0 aromatic heterocycles. The van der Waals surface area contributed by atoms with Gasteiger partial charge in [-0.2, -0.15) is 0 Å². The zero-order chi connectivity index (χ0) is 15.0. The molecule has 2 aromatic carbocycles. The molecule has 1 amide bonds. The summed E-state index contributed by atoms with van der Waals surface area (Å²) >= 11 is 0. The van der Waals surface area contributed by atoms with E-state index in [9.17, 15) is 14.3 Å². The van der Waals surface area contributed by atoms with Gasteiger partial charge in [0, 0.05) is 24.0 Å². The molecule has 0 spiro atoms. The van der Waals surface area contributed by atoms with Crippen molar-refractivity contribution in [3.63, 3.8) is 0 Å². The second-order valence-corrected chi connectivity index (χ2v) is 5.93. The number of amides is 1. The van der Waals surface area contributed by atoms with Crippen LogP contribution in [0.2, 0.25) is 0 Å². The van der Waals surface area contributed by atoms with Gasteiger partial charge in [0.05, 0.1) is 5.60 Å². The van der Waals surface area contributed by atoms with E-state index in [4.69, 9.17) is 0 Å². The van der Waals surface area contributed by atoms with Gasteiger partial charge in [-0.05, 0) is 37.3 Å². The van der Waals surface area contributed by atoms with Crippen LogP contribution in [-0.2, 0) is 0 Å². The average Bonchev–Trinajstić information content (AvgIpc) is 2.47. The van der Waals surface area contributed by atoms with E-state index in [1.165, 1.54) is 6.07 Å². The molecule has 1 N–H and O–H groups in total. The molecule has 3 rings (SSSR count). The number of hydrogen-bond donors (Lipinski definition) is 1. The maximum absolute atomic E-state index is 13.8. The van der Waals surface area contributed by atoms with Gasteiger partial charge in [0.25, 0.3) is 5.91 Å². The lowest BCUT2D eigenvalue weighted by atomic mass is 9.93. The number of nitrogens with zero attached hydrogens (tertiary/aromatic N) is 1. The lowest BCUT2D eigenvalue weighted by molar-refractivity contribution is -0.00196. The van der Waals surface area contributed by atoms with E-state index in [0.717, 1.165) is 0 Å². The van der Waals surface area contributed by atoms with E-state index in [0.29, 0.717) is 42.3 Å². The monoisotopic (exact) mass is 287 g/mol. The first kappa shape index (κ1) is 14.0. The average molecular weight is 287 g/mol. The van der Waals surface area contributed by atoms with Crippen molar-refractivity contribution in [2.24, 2.45) is 0 Å². The Hall–Kier alpha value is -1.94. The molecule has 110 valence electrons. The van der Waals surface area contributed by atoms with Gasteiger partial charge < -0.3 is 10.0 Å². The van der Waals surface area contributed by atoms with Crippen LogP contribution in [0.4, 0.5) is 4.39 Å². The summed E-state index contributed by atoms with van der Waals surface area (Å²) in [4.78, 5) is 14.4. The summed E-state index contributed by atoms with van der Waals surface area (Å²) in [5, 5.41) is 11.1. The second-order valence-electron chi connectivity index (χ2n) is 5.93. The number of hydrogen-bond acceptors (Lipinski definition) is 2. The number of aliphatic hydroxyl groups is 1. The van der Waals surface area contributed by atoms with Gasteiger partial charge >= 0.3 is 0 Å². The molecule has 1 aliphatic heterocycles. The largest absolute Gasteiger partial charge is 0.390 e. The molecule has 1 saturated heterocycles. The van der Waals surface area contributed by atoms with Gasteiger partial charge in [-0.1, -0.05) is 24.3 Å². The SMILES string of the molecule is CC1(O)CCN(C(=O)c2ccc(F)c3ccccc23)CC1. The minimum Gasteiger partial charge on any atom is -0.390 e. The van der Waals surface area contributed by atoms with Crippen molar-refractivity contribution in [3.8, 4) is 0 Å². The molecule has 0 unspecified atom stereocenters. The molecule has 2 aromatic rings. The van der Waals surface area contributed by atoms with Crippen LogP contribution < -0.4 is 0 Å². The lowest BCUT2D eigenvalue weighted by Crippen LogP contribution is -2.45. The van der Waals surface area contributed by atoms with Crippen LogP contribution >= 0.6 is 0 Å². The summed E-state index contributed by atoms with van der Waals surface area (Å²) < 4.78 is 13.8. The molecule has 1 heterocycles. The summed E-state index contributed by atoms with van der Waals surface area (Å²) in [6.45, 7) is 2.84. The van der Waals surface area contributed by atoms with Gasteiger partial charge in [-0.25, -0.2) is 4.39 Å². The van der Waals surface area contributed by atoms with E-state index in [1.807, 2.05) is 0 Å². The normalized spacial score (nSPS) is 18.0. The molecule has 0 atom stereocenters. The molecular weight excluding hydrogens is 269 g/mol. The van der Waals surface area contributed by atoms with Crippen LogP contribution in [0, 0.1) is 5.82 Å². The molecule has 4 heteroatoms. The van der Waals surface area contributed by atoms with Gasteiger partial charge in [0.15, 0.2) is 0 Å². The minimum atomic E-state index is -0.693. The third-order valence-electron chi connectivity index (χ3n) is 4.23. The Labute approximate surface area is 123 Å². The fourth-order valence-corrected chi connectivity index (χ4v) is 2.81. The summed E-state index contributed by atoms with van der Waals surface area (Å²) in [5.74, 6) is -0.412. The van der Waals surface area contributed by atoms with Crippen LogP contribution in [0.15, 0.2) is 36.4 Å². The zero-order valence-electron chi connectivity index (χ0n) is 12.0. The van der Waals surface area contributed by atoms with Gasteiger partial charge in [0.2, 0.25) is 0 Å². The predicted octanol–water partition coefficient (Wildman–Crippen LogP) is 2.97. The summed E-state index contributed by atoms with van der Waals surface area (Å²) in [6.07, 6.45) is 1.13. The Balaban J connectivity index is 1.94. The Morgan fingerprint density at radius 2 is 1.76 bits per heavy atom. The number of likely N-dealkylation sites (tertiary alicyclic amines) is 1. The maximum Gasteiger partial charge on any atom is 0.254 e. The highest BCUT2D eigenvalue weighted by atomic mass is 19.1. The highest BCUT2D eigenvalue weighted by molar-refractivity contribution is 6.07. The molecule has 0 bridgehead atoms. The molecule has 0 saturated carbocycles. The molecular formula is C17H18FNO2. The first-order valence-corrected chi connectivity index (χ1v) is 7.17. The smallest absolute Gasteiger partial charge is 0.254 e. The van der Waals surface area contributed by atoms with Crippen molar-refractivity contribution in [3.05, 3.63) is 47.8 Å². The van der Waals surface area contributed by atoms with Crippen molar-refractivity contribution >= 4 is 16.7 Å². The highest BCUT2D eigenvalue weighted by Gasteiger charge is 2.30. The Kier molecular flexibility index (Phi) is 3.41. The van der Waals surface area contributed by atoms with Crippen molar-refractivity contribution in [2.45, 2.75) is 25.4 Å². The number of benzene rings is 2. The number of rotatable bonds is 1. The van der Waals surface area contributed by atoms with E-state index in [2.05, 4.69) is 0 Å². The van der Waals surface area contributed by atoms with Crippen molar-refractivity contribution in [2.75, 3.05) is 13.1 Å². The van der Waals surface area contributed by atoms with Gasteiger partial charge in [0.1, 0.15) is 5.82 Å². The quantitative estimate of drug-likeness (QED) is 0.876. The van der Waals surface area contributed by atoms with E-state index in [-0.39, 0.29) is 11.7 Å². The van der Waals surface area contributed by atoms with Crippen LogP contribution in [0.1, 0.15) is 30.1 Å². The molecule has 1 aliphatic rings. The fourth-order valence-electron chi connectivity index (χ4n) is 2.81. The van der Waals surface area contributed by atoms with E-state index in [1.54, 1.807) is 42.2 Å². The molecule has 3 nitrogen and oxygen atoms in total. The van der Waals surface area contributed by atoms with Crippen molar-refractivity contribution < 1.29 is 14.3 Å². The summed E-state index contributed by atoms with van der Waals surface area (Å²) in [5.41, 5.74) is -0.171. The topological polar surface area (TPSA) is 40.5 Å². The third-order valence-corrected chi connectivity index (χ3v) is 4.23. The van der Waals surface area contributed by atoms with E-state index < -0.39 is 5.60 Å². The number of carbonyl (C=O) groups excluding carboxylic acids is 1. The lowest BCUT2D eigenvalue weighted by Gasteiger charge is -2.36. The van der Waals surface area contributed by atoms with Crippen LogP contribution in [0.25, 0.3) is 10.8 Å². The highest BCUT2D eigenvalue weighted by Crippen LogP contribution is 2.26. The Morgan fingerprint density at radius 1 is 1.14 bits per heavy atom. The molecule has 1 fully saturated rings. The molecule has 21 heavy (non-hydrogen) atoms. The number of carbonyl (C=O) groups is 1. The number of halogens is 1. The van der Waals surface area contributed by atoms with Crippen LogP contribution in [0.3, 0.4) is 0 Å². The fraction of sp³-hybridized carbons (Fsp3) is 0.353.